The number of hydrogen-bond acceptors (Lipinski definition) is 3. The molecule has 0 spiro atoms. The van der Waals surface area contributed by atoms with Crippen LogP contribution in [0.15, 0.2) is 4.99 Å². The summed E-state index contributed by atoms with van der Waals surface area (Å²) in [5, 5.41) is 6.72. The molecule has 0 saturated carbocycles. The Balaban J connectivity index is 0. The van der Waals surface area contributed by atoms with Crippen LogP contribution in [0.25, 0.3) is 0 Å². The second-order valence-corrected chi connectivity index (χ2v) is 5.27. The monoisotopic (exact) mass is 428 g/mol. The first-order valence-corrected chi connectivity index (χ1v) is 8.45. The summed E-state index contributed by atoms with van der Waals surface area (Å²) in [6.07, 6.45) is 3.36. The maximum Gasteiger partial charge on any atom is 0.191 e. The van der Waals surface area contributed by atoms with Gasteiger partial charge in [-0.25, -0.2) is 0 Å². The van der Waals surface area contributed by atoms with Gasteiger partial charge in [0, 0.05) is 39.4 Å². The molecule has 6 heteroatoms. The summed E-state index contributed by atoms with van der Waals surface area (Å²) in [4.78, 5) is 6.69. The van der Waals surface area contributed by atoms with Crippen molar-refractivity contribution >= 4 is 29.9 Å². The molecule has 1 atom stereocenters. The molecule has 5 nitrogen and oxygen atoms in total. The molecule has 0 saturated heterocycles. The Morgan fingerprint density at radius 2 is 1.73 bits per heavy atom. The highest BCUT2D eigenvalue weighted by Gasteiger charge is 2.09. The molecule has 0 rings (SSSR count). The van der Waals surface area contributed by atoms with Gasteiger partial charge in [0.2, 0.25) is 0 Å². The van der Waals surface area contributed by atoms with Gasteiger partial charge in [-0.2, -0.15) is 0 Å². The molecule has 0 aliphatic carbocycles. The van der Waals surface area contributed by atoms with E-state index in [0.29, 0.717) is 6.04 Å². The first kappa shape index (κ1) is 24.2. The molecule has 0 aliphatic heterocycles. The SMILES string of the molecule is CCCCOCCCNC(=NC)NCC(C)N(CC)CC.I. The van der Waals surface area contributed by atoms with Crippen molar-refractivity contribution in [3.05, 3.63) is 0 Å². The third-order valence-electron chi connectivity index (χ3n) is 3.62. The van der Waals surface area contributed by atoms with Gasteiger partial charge in [-0.05, 0) is 32.9 Å². The number of nitrogens with one attached hydrogen (secondary N) is 2. The lowest BCUT2D eigenvalue weighted by molar-refractivity contribution is 0.129. The van der Waals surface area contributed by atoms with Crippen LogP contribution < -0.4 is 10.6 Å². The highest BCUT2D eigenvalue weighted by molar-refractivity contribution is 14.0. The number of nitrogens with zero attached hydrogens (tertiary/aromatic N) is 2. The lowest BCUT2D eigenvalue weighted by Gasteiger charge is -2.27. The molecule has 22 heavy (non-hydrogen) atoms. The number of ether oxygens (including phenoxy) is 1. The number of unbranched alkanes of at least 4 members (excludes halogenated alkanes) is 1. The van der Waals surface area contributed by atoms with Gasteiger partial charge in [0.15, 0.2) is 5.96 Å². The molecule has 0 fully saturated rings. The Kier molecular flexibility index (Phi) is 19.0. The minimum atomic E-state index is 0. The van der Waals surface area contributed by atoms with Gasteiger partial charge < -0.3 is 15.4 Å². The summed E-state index contributed by atoms with van der Waals surface area (Å²) in [5.74, 6) is 0.877. The number of halogens is 1. The van der Waals surface area contributed by atoms with Gasteiger partial charge in [0.25, 0.3) is 0 Å². The largest absolute Gasteiger partial charge is 0.381 e. The molecule has 2 N–H and O–H groups in total. The van der Waals surface area contributed by atoms with Crippen molar-refractivity contribution in [2.24, 2.45) is 4.99 Å². The fraction of sp³-hybridized carbons (Fsp3) is 0.938. The van der Waals surface area contributed by atoms with E-state index in [9.17, 15) is 0 Å². The predicted octanol–water partition coefficient (Wildman–Crippen LogP) is 2.71. The molecule has 0 radical (unpaired) electrons. The van der Waals surface area contributed by atoms with Gasteiger partial charge in [0.05, 0.1) is 0 Å². The average molecular weight is 428 g/mol. The average Bonchev–Trinajstić information content (AvgIpc) is 2.50. The van der Waals surface area contributed by atoms with Crippen LogP contribution in [-0.2, 0) is 4.74 Å². The molecule has 0 aromatic heterocycles. The first-order chi connectivity index (χ1) is 10.2. The van der Waals surface area contributed by atoms with Crippen molar-refractivity contribution < 1.29 is 4.74 Å². The van der Waals surface area contributed by atoms with Gasteiger partial charge >= 0.3 is 0 Å². The van der Waals surface area contributed by atoms with Crippen LogP contribution in [0.1, 0.15) is 47.0 Å². The van der Waals surface area contributed by atoms with Crippen LogP contribution >= 0.6 is 24.0 Å². The molecule has 0 aromatic rings. The maximum absolute atomic E-state index is 5.54. The normalized spacial score (nSPS) is 12.9. The molecular formula is C16H37IN4O. The Labute approximate surface area is 154 Å². The lowest BCUT2D eigenvalue weighted by atomic mass is 10.3. The zero-order valence-corrected chi connectivity index (χ0v) is 17.5. The minimum Gasteiger partial charge on any atom is -0.381 e. The van der Waals surface area contributed by atoms with Crippen LogP contribution in [0.4, 0.5) is 0 Å². The molecule has 1 unspecified atom stereocenters. The number of aliphatic imine (C=N–C) groups is 1. The van der Waals surface area contributed by atoms with Crippen molar-refractivity contribution in [3.63, 3.8) is 0 Å². The minimum absolute atomic E-state index is 0. The van der Waals surface area contributed by atoms with Gasteiger partial charge in [-0.3, -0.25) is 9.89 Å². The summed E-state index contributed by atoms with van der Waals surface area (Å²) in [5.41, 5.74) is 0. The van der Waals surface area contributed by atoms with E-state index in [4.69, 9.17) is 4.74 Å². The third kappa shape index (κ3) is 12.5. The van der Waals surface area contributed by atoms with Crippen molar-refractivity contribution in [2.45, 2.75) is 53.0 Å². The van der Waals surface area contributed by atoms with Gasteiger partial charge in [-0.15, -0.1) is 24.0 Å². The van der Waals surface area contributed by atoms with Gasteiger partial charge in [-0.1, -0.05) is 27.2 Å². The highest BCUT2D eigenvalue weighted by atomic mass is 127. The fourth-order valence-corrected chi connectivity index (χ4v) is 2.17. The highest BCUT2D eigenvalue weighted by Crippen LogP contribution is 1.96. The predicted molar refractivity (Wildman–Crippen MR) is 108 cm³/mol. The number of rotatable bonds is 12. The molecule has 134 valence electrons. The fourth-order valence-electron chi connectivity index (χ4n) is 2.17. The summed E-state index contributed by atoms with van der Waals surface area (Å²) in [6.45, 7) is 14.5. The zero-order chi connectivity index (χ0) is 15.9. The van der Waals surface area contributed by atoms with Crippen LogP contribution in [0.2, 0.25) is 0 Å². The van der Waals surface area contributed by atoms with Crippen LogP contribution in [0.3, 0.4) is 0 Å². The standard InChI is InChI=1S/C16H36N4O.HI/c1-6-9-12-21-13-10-11-18-16(17-5)19-14-15(4)20(7-2)8-3;/h15H,6-14H2,1-5H3,(H2,17,18,19);1H. The maximum atomic E-state index is 5.54. The van der Waals surface area contributed by atoms with Crippen molar-refractivity contribution in [2.75, 3.05) is 46.4 Å². The first-order valence-electron chi connectivity index (χ1n) is 8.45. The van der Waals surface area contributed by atoms with E-state index in [0.717, 1.165) is 58.2 Å². The van der Waals surface area contributed by atoms with Crippen LogP contribution in [0, 0.1) is 0 Å². The molecule has 0 heterocycles. The Morgan fingerprint density at radius 1 is 1.09 bits per heavy atom. The third-order valence-corrected chi connectivity index (χ3v) is 3.62. The molecule has 0 bridgehead atoms. The second kappa shape index (κ2) is 17.3. The summed E-state index contributed by atoms with van der Waals surface area (Å²) in [6, 6.07) is 0.510. The van der Waals surface area contributed by atoms with Crippen LogP contribution in [-0.4, -0.2) is 63.3 Å². The van der Waals surface area contributed by atoms with E-state index in [-0.39, 0.29) is 24.0 Å². The van der Waals surface area contributed by atoms with Gasteiger partial charge in [0.1, 0.15) is 0 Å². The summed E-state index contributed by atoms with van der Waals surface area (Å²) < 4.78 is 5.54. The van der Waals surface area contributed by atoms with Crippen molar-refractivity contribution in [1.82, 2.24) is 15.5 Å². The molecular weight excluding hydrogens is 391 g/mol. The Hall–Kier alpha value is -0.0800. The van der Waals surface area contributed by atoms with Crippen molar-refractivity contribution in [3.8, 4) is 0 Å². The summed E-state index contributed by atoms with van der Waals surface area (Å²) >= 11 is 0. The van der Waals surface area contributed by atoms with E-state index >= 15 is 0 Å². The van der Waals surface area contributed by atoms with E-state index < -0.39 is 0 Å². The molecule has 0 aliphatic rings. The molecule has 0 amide bonds. The Bertz CT molecular complexity index is 261. The quantitative estimate of drug-likeness (QED) is 0.217. The van der Waals surface area contributed by atoms with E-state index in [1.807, 2.05) is 7.05 Å². The second-order valence-electron chi connectivity index (χ2n) is 5.27. The van der Waals surface area contributed by atoms with Crippen LogP contribution in [0.5, 0.6) is 0 Å². The zero-order valence-electron chi connectivity index (χ0n) is 15.2. The Morgan fingerprint density at radius 3 is 2.27 bits per heavy atom. The topological polar surface area (TPSA) is 48.9 Å². The van der Waals surface area contributed by atoms with E-state index in [2.05, 4.69) is 48.2 Å². The van der Waals surface area contributed by atoms with E-state index in [1.165, 1.54) is 6.42 Å². The summed E-state index contributed by atoms with van der Waals surface area (Å²) in [7, 11) is 1.81. The number of hydrogen-bond donors (Lipinski definition) is 2. The van der Waals surface area contributed by atoms with E-state index in [1.54, 1.807) is 0 Å². The smallest absolute Gasteiger partial charge is 0.191 e. The van der Waals surface area contributed by atoms with Crippen molar-refractivity contribution in [1.29, 1.82) is 0 Å². The number of guanidine groups is 1. The number of likely N-dealkylation sites (N-methyl/N-ethyl adjacent to an activating group) is 1. The lowest BCUT2D eigenvalue weighted by Crippen LogP contribution is -2.46. The molecule has 0 aromatic carbocycles.